The lowest BCUT2D eigenvalue weighted by molar-refractivity contribution is 0.277. The lowest BCUT2D eigenvalue weighted by atomic mass is 9.57. The normalized spacial score (nSPS) is 19.8. The van der Waals surface area contributed by atoms with Crippen molar-refractivity contribution in [3.05, 3.63) is 125 Å². The SMILES string of the molecule is Oc1ccc(C2CC(c3ccccc3)CC(c3ccc(O)cc3)(c3ccc(O)cc3)C2)cc1. The van der Waals surface area contributed by atoms with Crippen molar-refractivity contribution in [3.8, 4) is 17.2 Å². The second-order valence-electron chi connectivity index (χ2n) is 9.22. The van der Waals surface area contributed by atoms with E-state index in [1.54, 1.807) is 36.4 Å². The third kappa shape index (κ3) is 4.19. The highest BCUT2D eigenvalue weighted by Crippen LogP contribution is 2.54. The smallest absolute Gasteiger partial charge is 0.115 e. The molecule has 0 bridgehead atoms. The lowest BCUT2D eigenvalue weighted by Gasteiger charge is -2.46. The van der Waals surface area contributed by atoms with Crippen LogP contribution in [0.1, 0.15) is 53.4 Å². The third-order valence-electron chi connectivity index (χ3n) is 7.23. The molecular weight excluding hydrogens is 408 g/mol. The Kier molecular flexibility index (Phi) is 5.55. The van der Waals surface area contributed by atoms with Gasteiger partial charge in [-0.2, -0.15) is 0 Å². The molecule has 0 saturated heterocycles. The number of phenols is 3. The van der Waals surface area contributed by atoms with Gasteiger partial charge in [-0.05, 0) is 89.8 Å². The predicted molar refractivity (Wildman–Crippen MR) is 131 cm³/mol. The van der Waals surface area contributed by atoms with Gasteiger partial charge >= 0.3 is 0 Å². The summed E-state index contributed by atoms with van der Waals surface area (Å²) in [7, 11) is 0. The van der Waals surface area contributed by atoms with Crippen LogP contribution in [0.25, 0.3) is 0 Å². The molecule has 1 fully saturated rings. The minimum absolute atomic E-state index is 0.255. The van der Waals surface area contributed by atoms with Crippen LogP contribution in [0, 0.1) is 0 Å². The molecule has 3 heteroatoms. The van der Waals surface area contributed by atoms with E-state index >= 15 is 0 Å². The Bertz CT molecular complexity index is 1150. The summed E-state index contributed by atoms with van der Waals surface area (Å²) in [6.07, 6.45) is 2.85. The van der Waals surface area contributed by atoms with Crippen molar-refractivity contribution >= 4 is 0 Å². The fraction of sp³-hybridized carbons (Fsp3) is 0.200. The first-order valence-corrected chi connectivity index (χ1v) is 11.5. The van der Waals surface area contributed by atoms with E-state index in [4.69, 9.17) is 0 Å². The van der Waals surface area contributed by atoms with Crippen LogP contribution in [-0.2, 0) is 5.41 Å². The Balaban J connectivity index is 1.68. The molecule has 0 spiro atoms. The van der Waals surface area contributed by atoms with Gasteiger partial charge in [-0.25, -0.2) is 0 Å². The van der Waals surface area contributed by atoms with E-state index in [0.29, 0.717) is 5.92 Å². The number of rotatable bonds is 4. The molecule has 1 saturated carbocycles. The number of hydrogen-bond acceptors (Lipinski definition) is 3. The predicted octanol–water partition coefficient (Wildman–Crippen LogP) is 6.84. The fourth-order valence-corrected chi connectivity index (χ4v) is 5.61. The van der Waals surface area contributed by atoms with Crippen molar-refractivity contribution in [1.29, 1.82) is 0 Å². The topological polar surface area (TPSA) is 60.7 Å². The van der Waals surface area contributed by atoms with Crippen LogP contribution in [0.5, 0.6) is 17.2 Å². The molecule has 2 unspecified atom stereocenters. The van der Waals surface area contributed by atoms with Gasteiger partial charge in [0.25, 0.3) is 0 Å². The summed E-state index contributed by atoms with van der Waals surface area (Å²) in [6.45, 7) is 0. The van der Waals surface area contributed by atoms with Crippen LogP contribution < -0.4 is 0 Å². The van der Waals surface area contributed by atoms with Crippen molar-refractivity contribution in [2.75, 3.05) is 0 Å². The number of phenolic OH excluding ortho intramolecular Hbond substituents is 3. The standard InChI is InChI=1S/C30H28O3/c31-27-12-6-22(7-13-27)24-18-23(21-4-2-1-3-5-21)19-30(20-24,25-8-14-28(32)15-9-25)26-10-16-29(33)17-11-26/h1-17,23-24,31-33H,18-20H2. The van der Waals surface area contributed by atoms with Gasteiger partial charge in [0.1, 0.15) is 17.2 Å². The Morgan fingerprint density at radius 2 is 0.879 bits per heavy atom. The summed E-state index contributed by atoms with van der Waals surface area (Å²) in [5.74, 6) is 1.40. The molecule has 0 aliphatic heterocycles. The largest absolute Gasteiger partial charge is 0.508 e. The van der Waals surface area contributed by atoms with E-state index in [1.807, 2.05) is 36.4 Å². The summed E-state index contributed by atoms with van der Waals surface area (Å²) in [5, 5.41) is 29.8. The summed E-state index contributed by atoms with van der Waals surface area (Å²) < 4.78 is 0. The molecule has 1 aliphatic carbocycles. The van der Waals surface area contributed by atoms with E-state index in [2.05, 4.69) is 30.3 Å². The molecular formula is C30H28O3. The van der Waals surface area contributed by atoms with E-state index in [9.17, 15) is 15.3 Å². The van der Waals surface area contributed by atoms with Gasteiger partial charge in [-0.1, -0.05) is 66.7 Å². The zero-order chi connectivity index (χ0) is 22.8. The van der Waals surface area contributed by atoms with Gasteiger partial charge in [0.2, 0.25) is 0 Å². The summed E-state index contributed by atoms with van der Waals surface area (Å²) in [4.78, 5) is 0. The monoisotopic (exact) mass is 436 g/mol. The molecule has 1 aliphatic rings. The van der Waals surface area contributed by atoms with Crippen molar-refractivity contribution in [2.24, 2.45) is 0 Å². The maximum atomic E-state index is 9.98. The molecule has 0 heterocycles. The second kappa shape index (κ2) is 8.67. The Hall–Kier alpha value is -3.72. The summed E-state index contributed by atoms with van der Waals surface area (Å²) >= 11 is 0. The molecule has 3 nitrogen and oxygen atoms in total. The Labute approximate surface area is 194 Å². The van der Waals surface area contributed by atoms with Crippen LogP contribution in [0.2, 0.25) is 0 Å². The highest BCUT2D eigenvalue weighted by atomic mass is 16.3. The third-order valence-corrected chi connectivity index (χ3v) is 7.23. The van der Waals surface area contributed by atoms with Crippen LogP contribution in [0.15, 0.2) is 103 Å². The van der Waals surface area contributed by atoms with Gasteiger partial charge < -0.3 is 15.3 Å². The van der Waals surface area contributed by atoms with E-state index in [0.717, 1.165) is 30.4 Å². The minimum atomic E-state index is -0.289. The van der Waals surface area contributed by atoms with Crippen molar-refractivity contribution < 1.29 is 15.3 Å². The molecule has 2 atom stereocenters. The number of hydrogen-bond donors (Lipinski definition) is 3. The summed E-state index contributed by atoms with van der Waals surface area (Å²) in [6, 6.07) is 33.5. The first-order valence-electron chi connectivity index (χ1n) is 11.5. The molecule has 0 radical (unpaired) electrons. The van der Waals surface area contributed by atoms with E-state index < -0.39 is 0 Å². The van der Waals surface area contributed by atoms with Crippen molar-refractivity contribution in [2.45, 2.75) is 36.5 Å². The maximum Gasteiger partial charge on any atom is 0.115 e. The molecule has 4 aromatic carbocycles. The average Bonchev–Trinajstić information content (AvgIpc) is 2.85. The molecule has 0 aromatic heterocycles. The Morgan fingerprint density at radius 3 is 1.33 bits per heavy atom. The molecule has 4 aromatic rings. The quantitative estimate of drug-likeness (QED) is 0.328. The fourth-order valence-electron chi connectivity index (χ4n) is 5.61. The first-order chi connectivity index (χ1) is 16.0. The van der Waals surface area contributed by atoms with Crippen LogP contribution in [-0.4, -0.2) is 15.3 Å². The second-order valence-corrected chi connectivity index (χ2v) is 9.22. The van der Waals surface area contributed by atoms with E-state index in [1.165, 1.54) is 11.1 Å². The number of aromatic hydroxyl groups is 3. The van der Waals surface area contributed by atoms with Gasteiger partial charge in [-0.3, -0.25) is 0 Å². The van der Waals surface area contributed by atoms with E-state index in [-0.39, 0.29) is 28.6 Å². The Morgan fingerprint density at radius 1 is 0.485 bits per heavy atom. The van der Waals surface area contributed by atoms with Crippen LogP contribution >= 0.6 is 0 Å². The zero-order valence-corrected chi connectivity index (χ0v) is 18.4. The minimum Gasteiger partial charge on any atom is -0.508 e. The molecule has 166 valence electrons. The van der Waals surface area contributed by atoms with Gasteiger partial charge in [0.05, 0.1) is 0 Å². The molecule has 33 heavy (non-hydrogen) atoms. The molecule has 5 rings (SSSR count). The van der Waals surface area contributed by atoms with Gasteiger partial charge in [-0.15, -0.1) is 0 Å². The van der Waals surface area contributed by atoms with Gasteiger partial charge in [0, 0.05) is 5.41 Å². The van der Waals surface area contributed by atoms with Crippen molar-refractivity contribution in [1.82, 2.24) is 0 Å². The highest BCUT2D eigenvalue weighted by molar-refractivity contribution is 5.46. The summed E-state index contributed by atoms with van der Waals surface area (Å²) in [5.41, 5.74) is 4.58. The first kappa shape index (κ1) is 21.1. The van der Waals surface area contributed by atoms with Crippen LogP contribution in [0.4, 0.5) is 0 Å². The lowest BCUT2D eigenvalue weighted by Crippen LogP contribution is -2.36. The van der Waals surface area contributed by atoms with Gasteiger partial charge in [0.15, 0.2) is 0 Å². The average molecular weight is 437 g/mol. The maximum absolute atomic E-state index is 9.98. The number of benzene rings is 4. The zero-order valence-electron chi connectivity index (χ0n) is 18.4. The van der Waals surface area contributed by atoms with Crippen LogP contribution in [0.3, 0.4) is 0 Å². The highest BCUT2D eigenvalue weighted by Gasteiger charge is 2.44. The van der Waals surface area contributed by atoms with Crippen molar-refractivity contribution in [3.63, 3.8) is 0 Å². The molecule has 0 amide bonds. The molecule has 3 N–H and O–H groups in total.